The van der Waals surface area contributed by atoms with E-state index in [1.807, 2.05) is 12.1 Å². The van der Waals surface area contributed by atoms with Gasteiger partial charge in [0, 0.05) is 11.7 Å². The number of benzene rings is 1. The van der Waals surface area contributed by atoms with Gasteiger partial charge in [0.2, 0.25) is 0 Å². The van der Waals surface area contributed by atoms with Gasteiger partial charge in [0.15, 0.2) is 0 Å². The number of ether oxygens (including phenoxy) is 1. The molecule has 1 aromatic carbocycles. The van der Waals surface area contributed by atoms with Crippen molar-refractivity contribution in [2.24, 2.45) is 5.41 Å². The predicted octanol–water partition coefficient (Wildman–Crippen LogP) is 3.12. The van der Waals surface area contributed by atoms with Crippen LogP contribution in [0.5, 0.6) is 0 Å². The van der Waals surface area contributed by atoms with Gasteiger partial charge in [-0.2, -0.15) is 0 Å². The highest BCUT2D eigenvalue weighted by atomic mass is 16.6. The number of carboxylic acid groups (broad SMARTS) is 2. The number of hydrogen-bond acceptors (Lipinski definition) is 5. The summed E-state index contributed by atoms with van der Waals surface area (Å²) >= 11 is 0. The summed E-state index contributed by atoms with van der Waals surface area (Å²) in [7, 11) is 0. The van der Waals surface area contributed by atoms with Crippen LogP contribution in [0, 0.1) is 5.41 Å². The SMILES string of the molecule is CC(C)(C)OC(=O)N[C@@H](Cc1ccc(NCC(=O)O)cc1)CC(C)(C)C(=O)O. The molecule has 0 unspecified atom stereocenters. The molecule has 0 spiro atoms. The zero-order chi connectivity index (χ0) is 21.5. The molecule has 0 aliphatic rings. The Balaban J connectivity index is 2.87. The Morgan fingerprint density at radius 1 is 1.04 bits per heavy atom. The standard InChI is InChI=1S/C20H30N2O6/c1-19(2,3)28-18(27)22-15(11-20(4,5)17(25)26)10-13-6-8-14(9-7-13)21-12-16(23)24/h6-9,15,21H,10-12H2,1-5H3,(H,22,27)(H,23,24)(H,25,26)/t15-/m0/s1. The van der Waals surface area contributed by atoms with E-state index in [4.69, 9.17) is 9.84 Å². The first-order chi connectivity index (χ1) is 12.8. The van der Waals surface area contributed by atoms with Crippen LogP contribution in [0.1, 0.15) is 46.6 Å². The molecule has 28 heavy (non-hydrogen) atoms. The molecule has 8 nitrogen and oxygen atoms in total. The van der Waals surface area contributed by atoms with Crippen molar-refractivity contribution in [1.29, 1.82) is 0 Å². The lowest BCUT2D eigenvalue weighted by molar-refractivity contribution is -0.147. The lowest BCUT2D eigenvalue weighted by Gasteiger charge is -2.28. The van der Waals surface area contributed by atoms with E-state index in [0.717, 1.165) is 5.56 Å². The van der Waals surface area contributed by atoms with Crippen LogP contribution in [-0.4, -0.2) is 46.4 Å². The summed E-state index contributed by atoms with van der Waals surface area (Å²) in [6.07, 6.45) is 0.0360. The third-order valence-electron chi connectivity index (χ3n) is 3.94. The molecule has 156 valence electrons. The Morgan fingerprint density at radius 3 is 2.07 bits per heavy atom. The Labute approximate surface area is 165 Å². The molecule has 8 heteroatoms. The average molecular weight is 394 g/mol. The van der Waals surface area contributed by atoms with Crippen molar-refractivity contribution in [3.63, 3.8) is 0 Å². The second-order valence-corrected chi connectivity index (χ2v) is 8.38. The zero-order valence-corrected chi connectivity index (χ0v) is 17.0. The molecule has 1 atom stereocenters. The molecule has 0 aliphatic heterocycles. The average Bonchev–Trinajstić information content (AvgIpc) is 2.51. The Morgan fingerprint density at radius 2 is 1.61 bits per heavy atom. The molecule has 4 N–H and O–H groups in total. The fourth-order valence-corrected chi connectivity index (χ4v) is 2.57. The quantitative estimate of drug-likeness (QED) is 0.507. The molecule has 0 saturated heterocycles. The number of amides is 1. The monoisotopic (exact) mass is 394 g/mol. The van der Waals surface area contributed by atoms with Crippen LogP contribution in [0.25, 0.3) is 0 Å². The maximum Gasteiger partial charge on any atom is 0.407 e. The van der Waals surface area contributed by atoms with Crippen molar-refractivity contribution >= 4 is 23.7 Å². The molecule has 1 amide bonds. The third kappa shape index (κ3) is 8.75. The normalized spacial score (nSPS) is 12.8. The van der Waals surface area contributed by atoms with Crippen molar-refractivity contribution < 1.29 is 29.3 Å². The number of rotatable bonds is 9. The summed E-state index contributed by atoms with van der Waals surface area (Å²) in [5, 5.41) is 23.7. The number of alkyl carbamates (subject to hydrolysis) is 1. The largest absolute Gasteiger partial charge is 0.481 e. The van der Waals surface area contributed by atoms with Crippen molar-refractivity contribution in [2.45, 2.75) is 59.1 Å². The molecule has 1 rings (SSSR count). The van der Waals surface area contributed by atoms with Gasteiger partial charge >= 0.3 is 18.0 Å². The summed E-state index contributed by atoms with van der Waals surface area (Å²) < 4.78 is 5.29. The van der Waals surface area contributed by atoms with E-state index in [1.165, 1.54) is 0 Å². The van der Waals surface area contributed by atoms with Gasteiger partial charge in [-0.3, -0.25) is 9.59 Å². The van der Waals surface area contributed by atoms with Gasteiger partial charge < -0.3 is 25.6 Å². The van der Waals surface area contributed by atoms with Crippen LogP contribution >= 0.6 is 0 Å². The minimum absolute atomic E-state index is 0.186. The van der Waals surface area contributed by atoms with Crippen LogP contribution in [0.2, 0.25) is 0 Å². The number of aliphatic carboxylic acids is 2. The minimum atomic E-state index is -1.03. The van der Waals surface area contributed by atoms with E-state index in [2.05, 4.69) is 10.6 Å². The van der Waals surface area contributed by atoms with Crippen LogP contribution in [0.4, 0.5) is 10.5 Å². The number of nitrogens with one attached hydrogen (secondary N) is 2. The summed E-state index contributed by atoms with van der Waals surface area (Å²) in [5.74, 6) is -1.90. The molecular formula is C20H30N2O6. The second kappa shape index (κ2) is 9.43. The first-order valence-corrected chi connectivity index (χ1v) is 9.06. The van der Waals surface area contributed by atoms with Crippen LogP contribution in [-0.2, 0) is 20.7 Å². The van der Waals surface area contributed by atoms with Crippen molar-refractivity contribution in [1.82, 2.24) is 5.32 Å². The maximum atomic E-state index is 12.2. The van der Waals surface area contributed by atoms with Gasteiger partial charge in [0.05, 0.1) is 5.41 Å². The number of anilines is 1. The van der Waals surface area contributed by atoms with E-state index in [1.54, 1.807) is 46.8 Å². The topological polar surface area (TPSA) is 125 Å². The molecule has 0 heterocycles. The summed E-state index contributed by atoms with van der Waals surface area (Å²) in [4.78, 5) is 34.3. The molecule has 0 saturated carbocycles. The fourth-order valence-electron chi connectivity index (χ4n) is 2.57. The fraction of sp³-hybridized carbons (Fsp3) is 0.550. The minimum Gasteiger partial charge on any atom is -0.481 e. The van der Waals surface area contributed by atoms with E-state index >= 15 is 0 Å². The van der Waals surface area contributed by atoms with Crippen LogP contribution in [0.15, 0.2) is 24.3 Å². The molecule has 0 bridgehead atoms. The first kappa shape index (κ1) is 23.3. The van der Waals surface area contributed by atoms with E-state index in [-0.39, 0.29) is 13.0 Å². The van der Waals surface area contributed by atoms with Crippen molar-refractivity contribution in [3.05, 3.63) is 29.8 Å². The Kier molecular flexibility index (Phi) is 7.84. The van der Waals surface area contributed by atoms with Crippen molar-refractivity contribution in [3.8, 4) is 0 Å². The first-order valence-electron chi connectivity index (χ1n) is 9.06. The van der Waals surface area contributed by atoms with Gasteiger partial charge in [-0.05, 0) is 65.2 Å². The summed E-state index contributed by atoms with van der Waals surface area (Å²) in [6, 6.07) is 6.65. The Hall–Kier alpha value is -2.77. The molecule has 0 aliphatic carbocycles. The van der Waals surface area contributed by atoms with Gasteiger partial charge in [-0.25, -0.2) is 4.79 Å². The lowest BCUT2D eigenvalue weighted by atomic mass is 9.84. The zero-order valence-electron chi connectivity index (χ0n) is 17.0. The number of carboxylic acids is 2. The molecule has 0 fully saturated rings. The Bertz CT molecular complexity index is 692. The van der Waals surface area contributed by atoms with Crippen LogP contribution in [0.3, 0.4) is 0 Å². The van der Waals surface area contributed by atoms with Crippen LogP contribution < -0.4 is 10.6 Å². The smallest absolute Gasteiger partial charge is 0.407 e. The highest BCUT2D eigenvalue weighted by Gasteiger charge is 2.32. The summed E-state index contributed by atoms with van der Waals surface area (Å²) in [6.45, 7) is 8.30. The number of hydrogen-bond donors (Lipinski definition) is 4. The van der Waals surface area contributed by atoms with E-state index < -0.39 is 35.1 Å². The van der Waals surface area contributed by atoms with Gasteiger partial charge in [0.1, 0.15) is 12.1 Å². The van der Waals surface area contributed by atoms with Gasteiger partial charge in [-0.15, -0.1) is 0 Å². The van der Waals surface area contributed by atoms with E-state index in [0.29, 0.717) is 12.1 Å². The predicted molar refractivity (Wildman–Crippen MR) is 105 cm³/mol. The van der Waals surface area contributed by atoms with Gasteiger partial charge in [0.25, 0.3) is 0 Å². The lowest BCUT2D eigenvalue weighted by Crippen LogP contribution is -2.43. The summed E-state index contributed by atoms with van der Waals surface area (Å²) in [5.41, 5.74) is -0.145. The molecule has 0 radical (unpaired) electrons. The second-order valence-electron chi connectivity index (χ2n) is 8.38. The number of carbonyl (C=O) groups is 3. The molecule has 0 aromatic heterocycles. The third-order valence-corrected chi connectivity index (χ3v) is 3.94. The maximum absolute atomic E-state index is 12.2. The number of carbonyl (C=O) groups excluding carboxylic acids is 1. The molecular weight excluding hydrogens is 364 g/mol. The van der Waals surface area contributed by atoms with Crippen molar-refractivity contribution in [2.75, 3.05) is 11.9 Å². The van der Waals surface area contributed by atoms with Gasteiger partial charge in [-0.1, -0.05) is 12.1 Å². The molecule has 1 aromatic rings. The highest BCUT2D eigenvalue weighted by Crippen LogP contribution is 2.25. The highest BCUT2D eigenvalue weighted by molar-refractivity contribution is 5.74. The van der Waals surface area contributed by atoms with E-state index in [9.17, 15) is 19.5 Å².